The number of aliphatic hydroxyl groups is 1. The van der Waals surface area contributed by atoms with Crippen molar-refractivity contribution in [2.45, 2.75) is 31.4 Å². The van der Waals surface area contributed by atoms with E-state index < -0.39 is 25.9 Å². The van der Waals surface area contributed by atoms with Crippen LogP contribution in [0.1, 0.15) is 17.4 Å². The molecule has 1 aliphatic rings. The average Bonchev–Trinajstić information content (AvgIpc) is 2.69. The Morgan fingerprint density at radius 3 is 2.70 bits per heavy atom. The lowest BCUT2D eigenvalue weighted by Gasteiger charge is -2.32. The zero-order chi connectivity index (χ0) is 15.1. The van der Waals surface area contributed by atoms with Crippen LogP contribution in [0.25, 0.3) is 0 Å². The van der Waals surface area contributed by atoms with Gasteiger partial charge in [-0.05, 0) is 24.8 Å². The molecule has 0 saturated carbocycles. The second kappa shape index (κ2) is 5.38. The smallest absolute Gasteiger partial charge is 0.244 e. The molecule has 0 spiro atoms. The van der Waals surface area contributed by atoms with Gasteiger partial charge in [-0.1, -0.05) is 0 Å². The first-order chi connectivity index (χ1) is 9.19. The summed E-state index contributed by atoms with van der Waals surface area (Å²) in [5, 5.41) is 11.0. The Bertz CT molecular complexity index is 704. The Kier molecular flexibility index (Phi) is 4.27. The summed E-state index contributed by atoms with van der Waals surface area (Å²) in [4.78, 5) is 0.513. The van der Waals surface area contributed by atoms with E-state index in [9.17, 15) is 21.9 Å². The van der Waals surface area contributed by atoms with Crippen molar-refractivity contribution in [1.29, 1.82) is 0 Å². The van der Waals surface area contributed by atoms with E-state index in [2.05, 4.69) is 0 Å². The molecule has 0 aromatic carbocycles. The second-order valence-corrected chi connectivity index (χ2v) is 9.93. The first-order valence-corrected chi connectivity index (χ1v) is 10.2. The van der Waals surface area contributed by atoms with Crippen LogP contribution in [0.2, 0.25) is 0 Å². The summed E-state index contributed by atoms with van der Waals surface area (Å²) in [6.07, 6.45) is 0. The van der Waals surface area contributed by atoms with Gasteiger partial charge in [0.2, 0.25) is 10.0 Å². The standard InChI is InChI=1S/C11H17NO5S3/c1-8-6-18-10(5-13)11(8)20(16,17)12-3-4-19(14,15)7-9(12)2/h6,9,13H,3-5,7H2,1-2H3. The molecule has 2 rings (SSSR count). The minimum atomic E-state index is -3.77. The molecular weight excluding hydrogens is 322 g/mol. The molecule has 1 saturated heterocycles. The zero-order valence-electron chi connectivity index (χ0n) is 11.2. The first kappa shape index (κ1) is 15.9. The summed E-state index contributed by atoms with van der Waals surface area (Å²) in [5.41, 5.74) is 0.583. The van der Waals surface area contributed by atoms with E-state index in [1.54, 1.807) is 19.2 Å². The maximum atomic E-state index is 12.7. The van der Waals surface area contributed by atoms with Crippen LogP contribution in [-0.2, 0) is 26.5 Å². The van der Waals surface area contributed by atoms with Gasteiger partial charge in [0.05, 0.1) is 23.0 Å². The molecular formula is C11H17NO5S3. The van der Waals surface area contributed by atoms with Crippen molar-refractivity contribution in [2.75, 3.05) is 18.1 Å². The maximum absolute atomic E-state index is 12.7. The third-order valence-electron chi connectivity index (χ3n) is 3.31. The Morgan fingerprint density at radius 1 is 1.50 bits per heavy atom. The van der Waals surface area contributed by atoms with Crippen molar-refractivity contribution in [1.82, 2.24) is 4.31 Å². The normalized spacial score (nSPS) is 23.9. The van der Waals surface area contributed by atoms with Gasteiger partial charge >= 0.3 is 0 Å². The molecule has 1 N–H and O–H groups in total. The van der Waals surface area contributed by atoms with Crippen LogP contribution >= 0.6 is 11.3 Å². The van der Waals surface area contributed by atoms with E-state index in [0.29, 0.717) is 10.4 Å². The highest BCUT2D eigenvalue weighted by Gasteiger charge is 2.38. The quantitative estimate of drug-likeness (QED) is 0.858. The lowest BCUT2D eigenvalue weighted by Crippen LogP contribution is -2.49. The van der Waals surface area contributed by atoms with Crippen LogP contribution in [0.5, 0.6) is 0 Å². The lowest BCUT2D eigenvalue weighted by atomic mass is 10.3. The first-order valence-electron chi connectivity index (χ1n) is 6.09. The largest absolute Gasteiger partial charge is 0.391 e. The van der Waals surface area contributed by atoms with Gasteiger partial charge < -0.3 is 5.11 Å². The molecule has 1 aliphatic heterocycles. The van der Waals surface area contributed by atoms with Gasteiger partial charge in [0.1, 0.15) is 4.90 Å². The Balaban J connectivity index is 2.43. The zero-order valence-corrected chi connectivity index (χ0v) is 13.7. The highest BCUT2D eigenvalue weighted by molar-refractivity contribution is 7.92. The van der Waals surface area contributed by atoms with E-state index in [1.165, 1.54) is 15.6 Å². The van der Waals surface area contributed by atoms with Gasteiger partial charge in [0.15, 0.2) is 9.84 Å². The van der Waals surface area contributed by atoms with Crippen LogP contribution in [0.15, 0.2) is 10.3 Å². The number of aryl methyl sites for hydroxylation is 1. The van der Waals surface area contributed by atoms with Crippen LogP contribution < -0.4 is 0 Å². The predicted molar refractivity (Wildman–Crippen MR) is 77.0 cm³/mol. The predicted octanol–water partition coefficient (Wildman–Crippen LogP) is 0.356. The molecule has 9 heteroatoms. The van der Waals surface area contributed by atoms with Crippen LogP contribution in [0, 0.1) is 6.92 Å². The highest BCUT2D eigenvalue weighted by atomic mass is 32.2. The van der Waals surface area contributed by atoms with Gasteiger partial charge in [-0.3, -0.25) is 0 Å². The Labute approximate surface area is 123 Å². The lowest BCUT2D eigenvalue weighted by molar-refractivity contribution is 0.281. The number of rotatable bonds is 3. The Morgan fingerprint density at radius 2 is 2.15 bits per heavy atom. The summed E-state index contributed by atoms with van der Waals surface area (Å²) in [5.74, 6) is -0.321. The summed E-state index contributed by atoms with van der Waals surface area (Å²) >= 11 is 1.19. The molecule has 1 aromatic rings. The number of nitrogens with zero attached hydrogens (tertiary/aromatic N) is 1. The second-order valence-electron chi connectivity index (χ2n) is 4.91. The van der Waals surface area contributed by atoms with Gasteiger partial charge in [-0.25, -0.2) is 16.8 Å². The van der Waals surface area contributed by atoms with Crippen molar-refractivity contribution in [3.63, 3.8) is 0 Å². The molecule has 1 fully saturated rings. The number of sulfonamides is 1. The molecule has 0 radical (unpaired) electrons. The third kappa shape index (κ3) is 2.77. The van der Waals surface area contributed by atoms with Crippen LogP contribution in [0.3, 0.4) is 0 Å². The minimum absolute atomic E-state index is 0.0357. The molecule has 0 aliphatic carbocycles. The fourth-order valence-electron chi connectivity index (χ4n) is 2.40. The molecule has 0 bridgehead atoms. The van der Waals surface area contributed by atoms with Crippen LogP contribution in [-0.4, -0.2) is 50.3 Å². The summed E-state index contributed by atoms with van der Waals surface area (Å²) in [6, 6.07) is -0.593. The molecule has 2 heterocycles. The summed E-state index contributed by atoms with van der Waals surface area (Å²) in [7, 11) is -6.94. The van der Waals surface area contributed by atoms with E-state index in [0.717, 1.165) is 0 Å². The Hall–Kier alpha value is -0.480. The van der Waals surface area contributed by atoms with Crippen molar-refractivity contribution >= 4 is 31.2 Å². The highest BCUT2D eigenvalue weighted by Crippen LogP contribution is 2.31. The number of sulfone groups is 1. The SMILES string of the molecule is Cc1csc(CO)c1S(=O)(=O)N1CCS(=O)(=O)CC1C. The fourth-order valence-corrected chi connectivity index (χ4v) is 7.41. The monoisotopic (exact) mass is 339 g/mol. The van der Waals surface area contributed by atoms with Crippen molar-refractivity contribution in [2.24, 2.45) is 0 Å². The number of thiophene rings is 1. The molecule has 114 valence electrons. The number of hydrogen-bond donors (Lipinski definition) is 1. The minimum Gasteiger partial charge on any atom is -0.391 e. The third-order valence-corrected chi connectivity index (χ3v) is 8.57. The van der Waals surface area contributed by atoms with Gasteiger partial charge in [-0.15, -0.1) is 11.3 Å². The van der Waals surface area contributed by atoms with E-state index in [1.807, 2.05) is 0 Å². The summed E-state index contributed by atoms with van der Waals surface area (Å²) in [6.45, 7) is 2.89. The van der Waals surface area contributed by atoms with Gasteiger partial charge in [0, 0.05) is 12.6 Å². The molecule has 6 nitrogen and oxygen atoms in total. The van der Waals surface area contributed by atoms with Gasteiger partial charge in [-0.2, -0.15) is 4.31 Å². The molecule has 1 atom stereocenters. The van der Waals surface area contributed by atoms with E-state index in [4.69, 9.17) is 0 Å². The molecule has 1 aromatic heterocycles. The summed E-state index contributed by atoms with van der Waals surface area (Å²) < 4.78 is 49.7. The number of hydrogen-bond acceptors (Lipinski definition) is 6. The fraction of sp³-hybridized carbons (Fsp3) is 0.636. The molecule has 1 unspecified atom stereocenters. The number of aliphatic hydroxyl groups excluding tert-OH is 1. The van der Waals surface area contributed by atoms with E-state index in [-0.39, 0.29) is 29.6 Å². The topological polar surface area (TPSA) is 91.8 Å². The van der Waals surface area contributed by atoms with Crippen molar-refractivity contribution < 1.29 is 21.9 Å². The van der Waals surface area contributed by atoms with Crippen molar-refractivity contribution in [3.05, 3.63) is 15.8 Å². The maximum Gasteiger partial charge on any atom is 0.244 e. The molecule has 0 amide bonds. The molecule has 20 heavy (non-hydrogen) atoms. The van der Waals surface area contributed by atoms with Crippen molar-refractivity contribution in [3.8, 4) is 0 Å². The average molecular weight is 339 g/mol. The van der Waals surface area contributed by atoms with Crippen LogP contribution in [0.4, 0.5) is 0 Å². The van der Waals surface area contributed by atoms with Gasteiger partial charge in [0.25, 0.3) is 0 Å². The van der Waals surface area contributed by atoms with E-state index >= 15 is 0 Å².